The fourth-order valence-corrected chi connectivity index (χ4v) is 4.09. The lowest BCUT2D eigenvalue weighted by Crippen LogP contribution is -2.17. The van der Waals surface area contributed by atoms with E-state index in [4.69, 9.17) is 0 Å². The van der Waals surface area contributed by atoms with Gasteiger partial charge >= 0.3 is 0 Å². The summed E-state index contributed by atoms with van der Waals surface area (Å²) in [5, 5.41) is 14.5. The molecule has 4 aromatic heterocycles. The van der Waals surface area contributed by atoms with Crippen molar-refractivity contribution in [2.75, 3.05) is 0 Å². The second-order valence-corrected chi connectivity index (χ2v) is 7.69. The Morgan fingerprint density at radius 2 is 1.16 bits per heavy atom. The number of hydrogen-bond acceptors (Lipinski definition) is 1. The maximum atomic E-state index is 10.9. The number of aromatic amines is 4. The molecule has 5 heteroatoms. The van der Waals surface area contributed by atoms with Crippen LogP contribution in [0.25, 0.3) is 23.5 Å². The molecule has 1 aromatic carbocycles. The van der Waals surface area contributed by atoms with Crippen LogP contribution < -0.4 is 21.4 Å². The third kappa shape index (κ3) is 3.13. The van der Waals surface area contributed by atoms with Crippen molar-refractivity contribution in [2.45, 2.75) is 0 Å². The van der Waals surface area contributed by atoms with Gasteiger partial charge in [0.25, 0.3) is 0 Å². The van der Waals surface area contributed by atoms with Crippen molar-refractivity contribution in [3.05, 3.63) is 129 Å². The third-order valence-corrected chi connectivity index (χ3v) is 5.57. The number of nitrogens with one attached hydrogen (secondary N) is 4. The van der Waals surface area contributed by atoms with Crippen molar-refractivity contribution in [2.24, 2.45) is 0 Å². The molecule has 8 bridgehead atoms. The van der Waals surface area contributed by atoms with Crippen LogP contribution >= 0.6 is 0 Å². The molecule has 1 aliphatic rings. The van der Waals surface area contributed by atoms with E-state index < -0.39 is 0 Å². The molecule has 0 amide bonds. The Morgan fingerprint density at radius 1 is 0.516 bits per heavy atom. The summed E-state index contributed by atoms with van der Waals surface area (Å²) < 4.78 is 0. The van der Waals surface area contributed by atoms with Gasteiger partial charge in [-0.15, -0.1) is 0 Å². The van der Waals surface area contributed by atoms with Crippen LogP contribution in [-0.2, 0) is 0 Å². The molecular formula is C26H20N4O. The average molecular weight is 404 g/mol. The van der Waals surface area contributed by atoms with Gasteiger partial charge in [-0.05, 0) is 66.2 Å². The van der Waals surface area contributed by atoms with Gasteiger partial charge < -0.3 is 25.0 Å². The van der Waals surface area contributed by atoms with E-state index in [0.29, 0.717) is 11.0 Å². The minimum atomic E-state index is 0.179. The van der Waals surface area contributed by atoms with Gasteiger partial charge in [-0.2, -0.15) is 0 Å². The highest BCUT2D eigenvalue weighted by Crippen LogP contribution is 2.20. The lowest BCUT2D eigenvalue weighted by molar-refractivity contribution is 0.503. The highest BCUT2D eigenvalue weighted by atomic mass is 16.3. The molecular weight excluding hydrogens is 384 g/mol. The molecule has 0 radical (unpaired) electrons. The summed E-state index contributed by atoms with van der Waals surface area (Å²) in [6, 6.07) is 26.2. The Morgan fingerprint density at radius 3 is 1.90 bits per heavy atom. The molecule has 5 aromatic rings. The van der Waals surface area contributed by atoms with Gasteiger partial charge in [0.15, 0.2) is 5.76 Å². The molecule has 150 valence electrons. The van der Waals surface area contributed by atoms with Crippen LogP contribution in [0.2, 0.25) is 0 Å². The number of aliphatic hydroxyl groups excluding tert-OH is 1. The summed E-state index contributed by atoms with van der Waals surface area (Å²) in [4.78, 5) is 13.6. The van der Waals surface area contributed by atoms with Gasteiger partial charge in [-0.25, -0.2) is 0 Å². The van der Waals surface area contributed by atoms with Crippen molar-refractivity contribution in [3.63, 3.8) is 0 Å². The Hall–Kier alpha value is -4.38. The van der Waals surface area contributed by atoms with E-state index >= 15 is 0 Å². The molecule has 0 atom stereocenters. The summed E-state index contributed by atoms with van der Waals surface area (Å²) in [6.45, 7) is 0. The van der Waals surface area contributed by atoms with Crippen LogP contribution in [0.15, 0.2) is 78.9 Å². The maximum absolute atomic E-state index is 10.9. The van der Waals surface area contributed by atoms with Gasteiger partial charge in [-0.1, -0.05) is 30.3 Å². The molecule has 0 unspecified atom stereocenters. The smallest absolute Gasteiger partial charge is 0.162 e. The standard InChI is InChI=1S/C26H20N4O/c31-26-23-11-9-20(29-23)15-18-7-6-17(27-18)14-19-8-10-21(28-19)25(16-4-2-1-3-5-16)22-12-13-24(26)30-22/h1-15,27-31H. The first kappa shape index (κ1) is 17.5. The topological polar surface area (TPSA) is 83.4 Å². The summed E-state index contributed by atoms with van der Waals surface area (Å²) >= 11 is 0. The lowest BCUT2D eigenvalue weighted by atomic mass is 10.0. The Balaban J connectivity index is 1.71. The molecule has 0 aliphatic carbocycles. The second-order valence-electron chi connectivity index (χ2n) is 7.69. The van der Waals surface area contributed by atoms with Gasteiger partial charge in [-0.3, -0.25) is 0 Å². The van der Waals surface area contributed by atoms with E-state index in [2.05, 4.69) is 56.3 Å². The molecule has 6 rings (SSSR count). The van der Waals surface area contributed by atoms with Gasteiger partial charge in [0, 0.05) is 38.7 Å². The van der Waals surface area contributed by atoms with E-state index in [0.717, 1.165) is 44.3 Å². The van der Waals surface area contributed by atoms with Crippen molar-refractivity contribution >= 4 is 23.5 Å². The number of benzene rings is 1. The minimum Gasteiger partial charge on any atom is -0.504 e. The number of hydrogen-bond donors (Lipinski definition) is 5. The van der Waals surface area contributed by atoms with Crippen LogP contribution in [0.5, 0.6) is 0 Å². The molecule has 31 heavy (non-hydrogen) atoms. The summed E-state index contributed by atoms with van der Waals surface area (Å²) in [5.41, 5.74) is 5.70. The fraction of sp³-hybridized carbons (Fsp3) is 0. The quantitative estimate of drug-likeness (QED) is 0.291. The number of aromatic nitrogens is 4. The highest BCUT2D eigenvalue weighted by Gasteiger charge is 2.11. The monoisotopic (exact) mass is 404 g/mol. The van der Waals surface area contributed by atoms with Crippen molar-refractivity contribution in [1.82, 2.24) is 19.9 Å². The first-order valence-corrected chi connectivity index (χ1v) is 10.2. The summed E-state index contributed by atoms with van der Waals surface area (Å²) in [5.74, 6) is 0.179. The van der Waals surface area contributed by atoms with Crippen LogP contribution in [0.4, 0.5) is 0 Å². The van der Waals surface area contributed by atoms with Gasteiger partial charge in [0.1, 0.15) is 0 Å². The summed E-state index contributed by atoms with van der Waals surface area (Å²) in [6.07, 6.45) is 4.11. The predicted octanol–water partition coefficient (Wildman–Crippen LogP) is 1.93. The predicted molar refractivity (Wildman–Crippen MR) is 122 cm³/mol. The van der Waals surface area contributed by atoms with Crippen LogP contribution in [0.1, 0.15) is 28.3 Å². The third-order valence-electron chi connectivity index (χ3n) is 5.57. The first-order valence-electron chi connectivity index (χ1n) is 10.2. The zero-order valence-electron chi connectivity index (χ0n) is 16.6. The van der Waals surface area contributed by atoms with E-state index in [1.54, 1.807) is 0 Å². The fourth-order valence-electron chi connectivity index (χ4n) is 4.09. The minimum absolute atomic E-state index is 0.179. The zero-order valence-corrected chi connectivity index (χ0v) is 16.6. The van der Waals surface area contributed by atoms with Crippen LogP contribution in [-0.4, -0.2) is 25.0 Å². The van der Waals surface area contributed by atoms with E-state index in [9.17, 15) is 5.11 Å². The number of fused-ring (bicyclic) bond motifs is 8. The Labute approximate surface area is 177 Å². The summed E-state index contributed by atoms with van der Waals surface area (Å²) in [7, 11) is 0. The van der Waals surface area contributed by atoms with Gasteiger partial charge in [0.05, 0.1) is 11.0 Å². The normalized spacial score (nSPS) is 13.0. The molecule has 1 aliphatic heterocycles. The largest absolute Gasteiger partial charge is 0.504 e. The van der Waals surface area contributed by atoms with E-state index in [1.165, 1.54) is 0 Å². The number of H-pyrrole nitrogens is 4. The van der Waals surface area contributed by atoms with Crippen LogP contribution in [0, 0.1) is 0 Å². The molecule has 0 saturated heterocycles. The molecule has 5 N–H and O–H groups in total. The Kier molecular flexibility index (Phi) is 3.86. The van der Waals surface area contributed by atoms with Gasteiger partial charge in [0.2, 0.25) is 0 Å². The molecule has 0 saturated carbocycles. The number of aliphatic hydroxyl groups is 1. The zero-order chi connectivity index (χ0) is 20.8. The van der Waals surface area contributed by atoms with E-state index in [1.807, 2.05) is 54.6 Å². The SMILES string of the molecule is OC1=c2ccc([nH]2)=C(c2ccccc2)c2ccc([nH]2)C=c2ccc([nH]2)=Cc2ccc1[nH]2. The lowest BCUT2D eigenvalue weighted by Gasteiger charge is -2.05. The molecule has 5 heterocycles. The average Bonchev–Trinajstić information content (AvgIpc) is 3.58. The first-order chi connectivity index (χ1) is 15.2. The van der Waals surface area contributed by atoms with Crippen molar-refractivity contribution in [3.8, 4) is 0 Å². The molecule has 5 nitrogen and oxygen atoms in total. The van der Waals surface area contributed by atoms with E-state index in [-0.39, 0.29) is 5.76 Å². The second kappa shape index (κ2) is 6.85. The van der Waals surface area contributed by atoms with Crippen molar-refractivity contribution in [1.29, 1.82) is 0 Å². The molecule has 0 fully saturated rings. The number of rotatable bonds is 1. The van der Waals surface area contributed by atoms with Crippen LogP contribution in [0.3, 0.4) is 0 Å². The highest BCUT2D eigenvalue weighted by molar-refractivity contribution is 5.78. The molecule has 0 spiro atoms. The maximum Gasteiger partial charge on any atom is 0.162 e. The van der Waals surface area contributed by atoms with Crippen molar-refractivity contribution < 1.29 is 5.11 Å². The Bertz CT molecular complexity index is 1640.